The highest BCUT2D eigenvalue weighted by Gasteiger charge is 2.29. The van der Waals surface area contributed by atoms with Gasteiger partial charge in [0.15, 0.2) is 0 Å². The summed E-state index contributed by atoms with van der Waals surface area (Å²) in [6, 6.07) is 13.2. The highest BCUT2D eigenvalue weighted by molar-refractivity contribution is 8.76. The fourth-order valence-corrected chi connectivity index (χ4v) is 4.61. The van der Waals surface area contributed by atoms with Crippen molar-refractivity contribution in [2.45, 2.75) is 10.2 Å². The predicted octanol–water partition coefficient (Wildman–Crippen LogP) is 5.79. The molecule has 26 heavy (non-hydrogen) atoms. The van der Waals surface area contributed by atoms with E-state index in [1.54, 1.807) is 48.5 Å². The second-order valence-corrected chi connectivity index (χ2v) is 7.22. The molecule has 0 aliphatic rings. The minimum atomic E-state index is -0.526. The molecule has 0 aliphatic carbocycles. The molecular formula is C16H8N2O6S2. The van der Waals surface area contributed by atoms with Crippen LogP contribution >= 0.6 is 21.6 Å². The molecule has 4 aromatic rings. The lowest BCUT2D eigenvalue weighted by atomic mass is 10.2. The topological polar surface area (TPSA) is 113 Å². The Morgan fingerprint density at radius 3 is 1.46 bits per heavy atom. The lowest BCUT2D eigenvalue weighted by Gasteiger charge is -1.95. The molecule has 10 heteroatoms. The highest BCUT2D eigenvalue weighted by Crippen LogP contribution is 2.50. The third-order valence-electron chi connectivity index (χ3n) is 3.63. The molecule has 0 saturated heterocycles. The van der Waals surface area contributed by atoms with E-state index in [-0.39, 0.29) is 21.6 Å². The molecule has 0 unspecified atom stereocenters. The molecule has 0 spiro atoms. The van der Waals surface area contributed by atoms with Crippen LogP contribution in [-0.2, 0) is 0 Å². The second-order valence-electron chi connectivity index (χ2n) is 5.15. The van der Waals surface area contributed by atoms with Gasteiger partial charge in [-0.15, -0.1) is 0 Å². The van der Waals surface area contributed by atoms with Crippen LogP contribution in [0.5, 0.6) is 0 Å². The molecular weight excluding hydrogens is 380 g/mol. The largest absolute Gasteiger partial charge is 0.442 e. The number of fused-ring (bicyclic) bond motifs is 2. The molecule has 0 atom stereocenters. The van der Waals surface area contributed by atoms with Gasteiger partial charge in [-0.05, 0) is 45.9 Å². The molecule has 130 valence electrons. The van der Waals surface area contributed by atoms with Gasteiger partial charge < -0.3 is 8.83 Å². The average molecular weight is 388 g/mol. The minimum absolute atomic E-state index is 0.0518. The van der Waals surface area contributed by atoms with Crippen LogP contribution in [0.15, 0.2) is 67.5 Å². The third-order valence-corrected chi connectivity index (χ3v) is 5.73. The Morgan fingerprint density at radius 2 is 1.08 bits per heavy atom. The van der Waals surface area contributed by atoms with E-state index < -0.39 is 9.85 Å². The Balaban J connectivity index is 1.74. The molecule has 0 N–H and O–H groups in total. The van der Waals surface area contributed by atoms with E-state index in [1.165, 1.54) is 0 Å². The lowest BCUT2D eigenvalue weighted by molar-refractivity contribution is -0.387. The lowest BCUT2D eigenvalue weighted by Crippen LogP contribution is -1.88. The van der Waals surface area contributed by atoms with E-state index >= 15 is 0 Å². The number of hydrogen-bond acceptors (Lipinski definition) is 8. The van der Waals surface area contributed by atoms with Gasteiger partial charge in [0.1, 0.15) is 11.2 Å². The molecule has 2 aromatic carbocycles. The van der Waals surface area contributed by atoms with E-state index in [0.717, 1.165) is 21.6 Å². The van der Waals surface area contributed by atoms with Gasteiger partial charge in [-0.25, -0.2) is 0 Å². The first-order valence-electron chi connectivity index (χ1n) is 7.22. The van der Waals surface area contributed by atoms with Crippen LogP contribution in [-0.4, -0.2) is 9.85 Å². The Morgan fingerprint density at radius 1 is 0.692 bits per heavy atom. The molecule has 0 bridgehead atoms. The summed E-state index contributed by atoms with van der Waals surface area (Å²) >= 11 is 0. The molecule has 0 radical (unpaired) electrons. The molecule has 2 aromatic heterocycles. The summed E-state index contributed by atoms with van der Waals surface area (Å²) < 4.78 is 11.1. The van der Waals surface area contributed by atoms with Crippen LogP contribution in [0, 0.1) is 20.2 Å². The first kappa shape index (κ1) is 16.5. The number of para-hydroxylation sites is 2. The van der Waals surface area contributed by atoms with Gasteiger partial charge in [-0.3, -0.25) is 20.2 Å². The maximum Gasteiger partial charge on any atom is 0.330 e. The van der Waals surface area contributed by atoms with Crippen LogP contribution in [0.3, 0.4) is 0 Å². The number of hydrogen-bond donors (Lipinski definition) is 0. The van der Waals surface area contributed by atoms with Crippen molar-refractivity contribution in [2.75, 3.05) is 0 Å². The third kappa shape index (κ3) is 2.68. The summed E-state index contributed by atoms with van der Waals surface area (Å²) in [6.45, 7) is 0. The van der Waals surface area contributed by atoms with E-state index in [1.807, 2.05) is 0 Å². The zero-order chi connectivity index (χ0) is 18.3. The highest BCUT2D eigenvalue weighted by atomic mass is 33.1. The van der Waals surface area contributed by atoms with Crippen LogP contribution in [0.1, 0.15) is 0 Å². The van der Waals surface area contributed by atoms with Crippen molar-refractivity contribution in [1.82, 2.24) is 0 Å². The molecule has 2 heterocycles. The van der Waals surface area contributed by atoms with Crippen molar-refractivity contribution >= 4 is 54.9 Å². The molecule has 0 aliphatic heterocycles. The summed E-state index contributed by atoms with van der Waals surface area (Å²) in [4.78, 5) is 21.8. The van der Waals surface area contributed by atoms with Gasteiger partial charge in [0, 0.05) is 0 Å². The molecule has 4 rings (SSSR count). The summed E-state index contributed by atoms with van der Waals surface area (Å²) in [7, 11) is 1.82. The van der Waals surface area contributed by atoms with Gasteiger partial charge >= 0.3 is 11.4 Å². The van der Waals surface area contributed by atoms with Crippen LogP contribution in [0.4, 0.5) is 11.4 Å². The normalized spacial score (nSPS) is 11.2. The Kier molecular flexibility index (Phi) is 4.05. The fourth-order valence-electron chi connectivity index (χ4n) is 2.55. The van der Waals surface area contributed by atoms with Gasteiger partial charge in [0.2, 0.25) is 10.2 Å². The zero-order valence-electron chi connectivity index (χ0n) is 12.8. The second kappa shape index (κ2) is 6.39. The first-order chi connectivity index (χ1) is 12.6. The Hall–Kier alpha value is -2.98. The molecule has 0 fully saturated rings. The molecule has 0 amide bonds. The quantitative estimate of drug-likeness (QED) is 0.240. The van der Waals surface area contributed by atoms with Crippen molar-refractivity contribution in [3.05, 3.63) is 68.8 Å². The van der Waals surface area contributed by atoms with Crippen LogP contribution in [0.25, 0.3) is 21.9 Å². The summed E-state index contributed by atoms with van der Waals surface area (Å²) in [5.41, 5.74) is 0.413. The van der Waals surface area contributed by atoms with Gasteiger partial charge in [0.05, 0.1) is 20.6 Å². The molecule has 8 nitrogen and oxygen atoms in total. The van der Waals surface area contributed by atoms with Crippen LogP contribution in [0.2, 0.25) is 0 Å². The van der Waals surface area contributed by atoms with Gasteiger partial charge in [-0.2, -0.15) is 0 Å². The summed E-state index contributed by atoms with van der Waals surface area (Å²) in [6.07, 6.45) is 0. The first-order valence-corrected chi connectivity index (χ1v) is 9.37. The Labute approximate surface area is 152 Å². The number of nitrogens with zero attached hydrogens (tertiary/aromatic N) is 2. The Bertz CT molecular complexity index is 1070. The van der Waals surface area contributed by atoms with Gasteiger partial charge in [0.25, 0.3) is 0 Å². The minimum Gasteiger partial charge on any atom is -0.442 e. The van der Waals surface area contributed by atoms with Crippen molar-refractivity contribution in [3.63, 3.8) is 0 Å². The molecule has 0 saturated carbocycles. The number of rotatable bonds is 5. The SMILES string of the molecule is O=[N+]([O-])c1c(SSc2oc3ccccc3c2[N+](=O)[O-])oc2ccccc12. The van der Waals surface area contributed by atoms with Crippen molar-refractivity contribution in [1.29, 1.82) is 0 Å². The monoisotopic (exact) mass is 388 g/mol. The van der Waals surface area contributed by atoms with E-state index in [9.17, 15) is 20.2 Å². The van der Waals surface area contributed by atoms with Gasteiger partial charge in [-0.1, -0.05) is 24.3 Å². The standard InChI is InChI=1S/C16H8N2O6S2/c19-17(20)13-9-5-1-3-7-11(9)23-15(13)25-26-16-14(18(21)22)10-6-2-4-8-12(10)24-16/h1-8H. The maximum atomic E-state index is 11.4. The van der Waals surface area contributed by atoms with Crippen molar-refractivity contribution in [3.8, 4) is 0 Å². The van der Waals surface area contributed by atoms with Crippen molar-refractivity contribution in [2.24, 2.45) is 0 Å². The summed E-state index contributed by atoms with van der Waals surface area (Å²) in [5, 5.41) is 23.7. The van der Waals surface area contributed by atoms with E-state index in [0.29, 0.717) is 21.9 Å². The van der Waals surface area contributed by atoms with E-state index in [2.05, 4.69) is 0 Å². The summed E-state index contributed by atoms with van der Waals surface area (Å²) in [5.74, 6) is 0. The van der Waals surface area contributed by atoms with E-state index in [4.69, 9.17) is 8.83 Å². The van der Waals surface area contributed by atoms with Crippen LogP contribution < -0.4 is 0 Å². The smallest absolute Gasteiger partial charge is 0.330 e. The fraction of sp³-hybridized carbons (Fsp3) is 0. The number of nitro groups is 2. The number of benzene rings is 2. The average Bonchev–Trinajstić information content (AvgIpc) is 3.17. The maximum absolute atomic E-state index is 11.4. The number of furan rings is 2. The predicted molar refractivity (Wildman–Crippen MR) is 97.5 cm³/mol. The zero-order valence-corrected chi connectivity index (χ0v) is 14.4. The van der Waals surface area contributed by atoms with Crippen molar-refractivity contribution < 1.29 is 18.7 Å².